The summed E-state index contributed by atoms with van der Waals surface area (Å²) in [6.45, 7) is 3.34. The quantitative estimate of drug-likeness (QED) is 0.660. The van der Waals surface area contributed by atoms with Gasteiger partial charge in [0.05, 0.1) is 11.3 Å². The average Bonchev–Trinajstić information content (AvgIpc) is 2.53. The highest BCUT2D eigenvalue weighted by Gasteiger charge is 2.44. The molecule has 2 N–H and O–H groups in total. The predicted molar refractivity (Wildman–Crippen MR) is 73.1 cm³/mol. The third kappa shape index (κ3) is 2.02. The standard InChI is InChI=1S/C13H13FN2O2S/c1-6-7(2)13(18)16(12(6)17)9-5-3-4-8(14)10(9)11(15)19/h3-7H,1-2H3,(H2,15,19). The molecule has 0 saturated carbocycles. The smallest absolute Gasteiger partial charge is 0.237 e. The fourth-order valence-electron chi connectivity index (χ4n) is 2.12. The minimum atomic E-state index is -0.641. The lowest BCUT2D eigenvalue weighted by atomic mass is 10.00. The van der Waals surface area contributed by atoms with Crippen LogP contribution < -0.4 is 10.6 Å². The van der Waals surface area contributed by atoms with Crippen LogP contribution in [0.25, 0.3) is 0 Å². The van der Waals surface area contributed by atoms with Crippen LogP contribution in [-0.4, -0.2) is 16.8 Å². The summed E-state index contributed by atoms with van der Waals surface area (Å²) in [5.74, 6) is -2.23. The minimum absolute atomic E-state index is 0.0690. The number of amides is 2. The molecule has 1 saturated heterocycles. The van der Waals surface area contributed by atoms with E-state index >= 15 is 0 Å². The van der Waals surface area contributed by atoms with Crippen LogP contribution in [-0.2, 0) is 9.59 Å². The first-order valence-corrected chi connectivity index (χ1v) is 6.23. The van der Waals surface area contributed by atoms with Crippen LogP contribution in [0.4, 0.5) is 10.1 Å². The van der Waals surface area contributed by atoms with Crippen LogP contribution in [0.15, 0.2) is 18.2 Å². The van der Waals surface area contributed by atoms with E-state index in [2.05, 4.69) is 0 Å². The van der Waals surface area contributed by atoms with E-state index in [-0.39, 0.29) is 28.1 Å². The Kier molecular flexibility index (Phi) is 3.36. The molecule has 19 heavy (non-hydrogen) atoms. The highest BCUT2D eigenvalue weighted by atomic mass is 32.1. The fraction of sp³-hybridized carbons (Fsp3) is 0.308. The minimum Gasteiger partial charge on any atom is -0.389 e. The van der Waals surface area contributed by atoms with Gasteiger partial charge in [-0.2, -0.15) is 0 Å². The number of carbonyl (C=O) groups is 2. The summed E-state index contributed by atoms with van der Waals surface area (Å²) in [6.07, 6.45) is 0. The van der Waals surface area contributed by atoms with Crippen molar-refractivity contribution >= 4 is 34.7 Å². The van der Waals surface area contributed by atoms with Crippen LogP contribution in [0, 0.1) is 17.7 Å². The van der Waals surface area contributed by atoms with Crippen LogP contribution in [0.1, 0.15) is 19.4 Å². The first-order chi connectivity index (χ1) is 8.86. The first-order valence-electron chi connectivity index (χ1n) is 5.82. The number of anilines is 1. The van der Waals surface area contributed by atoms with Crippen molar-refractivity contribution in [1.82, 2.24) is 0 Å². The van der Waals surface area contributed by atoms with Gasteiger partial charge in [0.25, 0.3) is 0 Å². The first kappa shape index (κ1) is 13.6. The van der Waals surface area contributed by atoms with Crippen molar-refractivity contribution in [2.24, 2.45) is 17.6 Å². The maximum absolute atomic E-state index is 13.8. The van der Waals surface area contributed by atoms with Crippen molar-refractivity contribution in [3.8, 4) is 0 Å². The highest BCUT2D eigenvalue weighted by Crippen LogP contribution is 2.33. The van der Waals surface area contributed by atoms with E-state index < -0.39 is 17.7 Å². The van der Waals surface area contributed by atoms with Gasteiger partial charge in [-0.1, -0.05) is 32.1 Å². The summed E-state index contributed by atoms with van der Waals surface area (Å²) < 4.78 is 13.8. The molecule has 0 bridgehead atoms. The second-order valence-electron chi connectivity index (χ2n) is 4.59. The van der Waals surface area contributed by atoms with Gasteiger partial charge in [0, 0.05) is 11.8 Å². The Morgan fingerprint density at radius 1 is 1.26 bits per heavy atom. The van der Waals surface area contributed by atoms with Crippen molar-refractivity contribution in [1.29, 1.82) is 0 Å². The number of imide groups is 1. The molecule has 4 nitrogen and oxygen atoms in total. The molecular weight excluding hydrogens is 267 g/mol. The number of hydrogen-bond donors (Lipinski definition) is 1. The van der Waals surface area contributed by atoms with Crippen molar-refractivity contribution in [2.45, 2.75) is 13.8 Å². The summed E-state index contributed by atoms with van der Waals surface area (Å²) >= 11 is 4.80. The van der Waals surface area contributed by atoms with Gasteiger partial charge in [0.2, 0.25) is 11.8 Å². The second kappa shape index (κ2) is 4.70. The molecule has 2 amide bonds. The van der Waals surface area contributed by atoms with E-state index in [0.717, 1.165) is 4.90 Å². The highest BCUT2D eigenvalue weighted by molar-refractivity contribution is 7.80. The number of carbonyl (C=O) groups excluding carboxylic acids is 2. The van der Waals surface area contributed by atoms with E-state index in [1.165, 1.54) is 18.2 Å². The lowest BCUT2D eigenvalue weighted by Gasteiger charge is -2.18. The lowest BCUT2D eigenvalue weighted by molar-refractivity contribution is -0.122. The summed E-state index contributed by atoms with van der Waals surface area (Å²) in [4.78, 5) is 25.0. The van der Waals surface area contributed by atoms with Crippen LogP contribution >= 0.6 is 12.2 Å². The fourth-order valence-corrected chi connectivity index (χ4v) is 2.33. The van der Waals surface area contributed by atoms with E-state index in [4.69, 9.17) is 18.0 Å². The molecule has 1 aliphatic rings. The van der Waals surface area contributed by atoms with Crippen molar-refractivity contribution in [3.63, 3.8) is 0 Å². The average molecular weight is 280 g/mol. The van der Waals surface area contributed by atoms with Crippen molar-refractivity contribution < 1.29 is 14.0 Å². The summed E-state index contributed by atoms with van der Waals surface area (Å²) in [7, 11) is 0. The molecule has 0 spiro atoms. The molecule has 1 aromatic carbocycles. The molecule has 2 atom stereocenters. The van der Waals surface area contributed by atoms with Crippen LogP contribution in [0.3, 0.4) is 0 Å². The number of rotatable bonds is 2. The van der Waals surface area contributed by atoms with Gasteiger partial charge in [0.15, 0.2) is 0 Å². The molecule has 0 radical (unpaired) electrons. The molecule has 2 rings (SSSR count). The number of thiocarbonyl (C=S) groups is 1. The normalized spacial score (nSPS) is 23.0. The zero-order chi connectivity index (χ0) is 14.3. The topological polar surface area (TPSA) is 63.4 Å². The Balaban J connectivity index is 2.60. The molecule has 6 heteroatoms. The molecule has 0 aliphatic carbocycles. The molecule has 1 fully saturated rings. The molecule has 1 aliphatic heterocycles. The summed E-state index contributed by atoms with van der Waals surface area (Å²) in [5, 5.41) is 0. The van der Waals surface area contributed by atoms with Gasteiger partial charge >= 0.3 is 0 Å². The van der Waals surface area contributed by atoms with E-state index in [0.29, 0.717) is 0 Å². The third-order valence-electron chi connectivity index (χ3n) is 3.45. The Morgan fingerprint density at radius 2 is 1.79 bits per heavy atom. The Labute approximate surface area is 115 Å². The van der Waals surface area contributed by atoms with E-state index in [1.54, 1.807) is 13.8 Å². The monoisotopic (exact) mass is 280 g/mol. The zero-order valence-electron chi connectivity index (χ0n) is 10.5. The summed E-state index contributed by atoms with van der Waals surface area (Å²) in [6, 6.07) is 4.08. The van der Waals surface area contributed by atoms with Crippen LogP contribution in [0.2, 0.25) is 0 Å². The van der Waals surface area contributed by atoms with E-state index in [1.807, 2.05) is 0 Å². The SMILES string of the molecule is CC1C(=O)N(c2cccc(F)c2C(N)=S)C(=O)C1C. The lowest BCUT2D eigenvalue weighted by Crippen LogP contribution is -2.33. The molecule has 0 aromatic heterocycles. The Hall–Kier alpha value is -1.82. The number of nitrogens with two attached hydrogens (primary N) is 1. The zero-order valence-corrected chi connectivity index (χ0v) is 11.3. The molecule has 1 aromatic rings. The number of nitrogens with zero attached hydrogens (tertiary/aromatic N) is 1. The number of hydrogen-bond acceptors (Lipinski definition) is 3. The largest absolute Gasteiger partial charge is 0.389 e. The van der Waals surface area contributed by atoms with E-state index in [9.17, 15) is 14.0 Å². The van der Waals surface area contributed by atoms with Gasteiger partial charge in [-0.15, -0.1) is 0 Å². The van der Waals surface area contributed by atoms with Crippen molar-refractivity contribution in [2.75, 3.05) is 4.90 Å². The third-order valence-corrected chi connectivity index (χ3v) is 3.65. The Morgan fingerprint density at radius 3 is 2.26 bits per heavy atom. The predicted octanol–water partition coefficient (Wildman–Crippen LogP) is 1.61. The molecule has 2 unspecified atom stereocenters. The van der Waals surface area contributed by atoms with Crippen molar-refractivity contribution in [3.05, 3.63) is 29.6 Å². The van der Waals surface area contributed by atoms with Gasteiger partial charge in [-0.05, 0) is 12.1 Å². The van der Waals surface area contributed by atoms with Gasteiger partial charge in [0.1, 0.15) is 10.8 Å². The molecular formula is C13H13FN2O2S. The second-order valence-corrected chi connectivity index (χ2v) is 5.03. The van der Waals surface area contributed by atoms with Gasteiger partial charge in [-0.3, -0.25) is 9.59 Å². The maximum atomic E-state index is 13.8. The molecule has 100 valence electrons. The number of halogens is 1. The van der Waals surface area contributed by atoms with Crippen LogP contribution in [0.5, 0.6) is 0 Å². The number of benzene rings is 1. The molecule has 1 heterocycles. The Bertz CT molecular complexity index is 568. The van der Waals surface area contributed by atoms with Gasteiger partial charge < -0.3 is 5.73 Å². The summed E-state index contributed by atoms with van der Waals surface area (Å²) in [5.41, 5.74) is 5.54. The van der Waals surface area contributed by atoms with Gasteiger partial charge in [-0.25, -0.2) is 9.29 Å². The maximum Gasteiger partial charge on any atom is 0.237 e.